The van der Waals surface area contributed by atoms with Gasteiger partial charge < -0.3 is 15.0 Å². The molecular weight excluding hydrogens is 288 g/mol. The summed E-state index contributed by atoms with van der Waals surface area (Å²) in [7, 11) is 1.86. The highest BCUT2D eigenvalue weighted by molar-refractivity contribution is 5.78. The minimum Gasteiger partial charge on any atom is -0.493 e. The fourth-order valence-corrected chi connectivity index (χ4v) is 2.53. The average molecular weight is 316 g/mol. The van der Waals surface area contributed by atoms with Crippen molar-refractivity contribution in [2.24, 2.45) is 5.92 Å². The summed E-state index contributed by atoms with van der Waals surface area (Å²) in [5.74, 6) is 1.52. The molecule has 1 aromatic rings. The topological polar surface area (TPSA) is 41.6 Å². The summed E-state index contributed by atoms with van der Waals surface area (Å²) in [6.07, 6.45) is 3.62. The highest BCUT2D eigenvalue weighted by Gasteiger charge is 2.15. The number of para-hydroxylation sites is 1. The Balaban J connectivity index is 1.94. The third-order valence-electron chi connectivity index (χ3n) is 3.91. The first-order chi connectivity index (χ1) is 11.1. The molecule has 4 nitrogen and oxygen atoms in total. The van der Waals surface area contributed by atoms with Crippen LogP contribution >= 0.6 is 0 Å². The first kappa shape index (κ1) is 17.5. The number of carbonyl (C=O) groups is 1. The third kappa shape index (κ3) is 5.71. The lowest BCUT2D eigenvalue weighted by Gasteiger charge is -2.21. The smallest absolute Gasteiger partial charge is 0.226 e. The van der Waals surface area contributed by atoms with Crippen LogP contribution in [0.3, 0.4) is 0 Å². The number of nitrogens with zero attached hydrogens (tertiary/aromatic N) is 1. The number of amides is 1. The average Bonchev–Trinajstić information content (AvgIpc) is 2.54. The molecule has 1 aromatic carbocycles. The van der Waals surface area contributed by atoms with E-state index >= 15 is 0 Å². The van der Waals surface area contributed by atoms with Gasteiger partial charge in [-0.25, -0.2) is 0 Å². The van der Waals surface area contributed by atoms with Gasteiger partial charge in [-0.3, -0.25) is 4.79 Å². The zero-order valence-corrected chi connectivity index (χ0v) is 14.5. The SMILES string of the molecule is CC(C)COc1ccccc1CN(C)C(=O)CC1=CCNCC1. The van der Waals surface area contributed by atoms with Crippen molar-refractivity contribution in [1.29, 1.82) is 0 Å². The van der Waals surface area contributed by atoms with E-state index in [1.807, 2.05) is 31.3 Å². The molecule has 0 aliphatic carbocycles. The number of hydrogen-bond donors (Lipinski definition) is 1. The minimum absolute atomic E-state index is 0.164. The Bertz CT molecular complexity index is 552. The number of ether oxygens (including phenoxy) is 1. The van der Waals surface area contributed by atoms with Crippen LogP contribution in [0.25, 0.3) is 0 Å². The summed E-state index contributed by atoms with van der Waals surface area (Å²) in [6.45, 7) is 7.37. The Kier molecular flexibility index (Phi) is 6.66. The molecule has 0 aromatic heterocycles. The highest BCUT2D eigenvalue weighted by atomic mass is 16.5. The Morgan fingerprint density at radius 2 is 2.13 bits per heavy atom. The first-order valence-corrected chi connectivity index (χ1v) is 8.39. The Labute approximate surface area is 139 Å². The predicted molar refractivity (Wildman–Crippen MR) is 93.4 cm³/mol. The van der Waals surface area contributed by atoms with Gasteiger partial charge in [0.25, 0.3) is 0 Å². The van der Waals surface area contributed by atoms with Gasteiger partial charge in [0.1, 0.15) is 5.75 Å². The monoisotopic (exact) mass is 316 g/mol. The van der Waals surface area contributed by atoms with Crippen molar-refractivity contribution in [3.63, 3.8) is 0 Å². The van der Waals surface area contributed by atoms with E-state index in [1.165, 1.54) is 5.57 Å². The van der Waals surface area contributed by atoms with Crippen LogP contribution in [-0.4, -0.2) is 37.6 Å². The van der Waals surface area contributed by atoms with Crippen LogP contribution in [-0.2, 0) is 11.3 Å². The Hall–Kier alpha value is -1.81. The second-order valence-electron chi connectivity index (χ2n) is 6.56. The maximum absolute atomic E-state index is 12.4. The molecule has 2 rings (SSSR count). The Morgan fingerprint density at radius 1 is 1.35 bits per heavy atom. The number of carbonyl (C=O) groups excluding carboxylic acids is 1. The van der Waals surface area contributed by atoms with Crippen LogP contribution in [0.4, 0.5) is 0 Å². The normalized spacial score (nSPS) is 14.5. The van der Waals surface area contributed by atoms with E-state index < -0.39 is 0 Å². The number of benzene rings is 1. The second-order valence-corrected chi connectivity index (χ2v) is 6.56. The standard InChI is InChI=1S/C19H28N2O2/c1-15(2)14-23-18-7-5-4-6-17(18)13-21(3)19(22)12-16-8-10-20-11-9-16/h4-8,15,20H,9-14H2,1-3H3. The van der Waals surface area contributed by atoms with Crippen LogP contribution in [0, 0.1) is 5.92 Å². The van der Waals surface area contributed by atoms with E-state index in [-0.39, 0.29) is 5.91 Å². The maximum atomic E-state index is 12.4. The first-order valence-electron chi connectivity index (χ1n) is 8.39. The quantitative estimate of drug-likeness (QED) is 0.786. The summed E-state index contributed by atoms with van der Waals surface area (Å²) < 4.78 is 5.87. The zero-order chi connectivity index (χ0) is 16.7. The molecule has 0 fully saturated rings. The summed E-state index contributed by atoms with van der Waals surface area (Å²) >= 11 is 0. The van der Waals surface area contributed by atoms with Crippen molar-refractivity contribution < 1.29 is 9.53 Å². The van der Waals surface area contributed by atoms with E-state index in [2.05, 4.69) is 25.2 Å². The maximum Gasteiger partial charge on any atom is 0.226 e. The van der Waals surface area contributed by atoms with Crippen LogP contribution in [0.5, 0.6) is 5.75 Å². The minimum atomic E-state index is 0.164. The van der Waals surface area contributed by atoms with Crippen molar-refractivity contribution in [1.82, 2.24) is 10.2 Å². The van der Waals surface area contributed by atoms with Gasteiger partial charge in [0.05, 0.1) is 6.61 Å². The van der Waals surface area contributed by atoms with Gasteiger partial charge >= 0.3 is 0 Å². The van der Waals surface area contributed by atoms with Crippen LogP contribution < -0.4 is 10.1 Å². The van der Waals surface area contributed by atoms with Crippen molar-refractivity contribution in [3.05, 3.63) is 41.5 Å². The highest BCUT2D eigenvalue weighted by Crippen LogP contribution is 2.21. The number of hydrogen-bond acceptors (Lipinski definition) is 3. The lowest BCUT2D eigenvalue weighted by molar-refractivity contribution is -0.129. The third-order valence-corrected chi connectivity index (χ3v) is 3.91. The molecule has 1 aliphatic heterocycles. The summed E-state index contributed by atoms with van der Waals surface area (Å²) in [4.78, 5) is 14.2. The lowest BCUT2D eigenvalue weighted by atomic mass is 10.1. The molecule has 1 aliphatic rings. The summed E-state index contributed by atoms with van der Waals surface area (Å²) in [5.41, 5.74) is 2.30. The van der Waals surface area contributed by atoms with Gasteiger partial charge in [-0.15, -0.1) is 0 Å². The Morgan fingerprint density at radius 3 is 2.83 bits per heavy atom. The molecule has 0 atom stereocenters. The van der Waals surface area contributed by atoms with Gasteiger partial charge in [-0.2, -0.15) is 0 Å². The fraction of sp³-hybridized carbons (Fsp3) is 0.526. The molecule has 0 saturated heterocycles. The van der Waals surface area contributed by atoms with Gasteiger partial charge in [0.2, 0.25) is 5.91 Å². The number of nitrogens with one attached hydrogen (secondary N) is 1. The van der Waals surface area contributed by atoms with Gasteiger partial charge in [-0.05, 0) is 24.9 Å². The lowest BCUT2D eigenvalue weighted by Crippen LogP contribution is -2.28. The van der Waals surface area contributed by atoms with Crippen molar-refractivity contribution in [2.75, 3.05) is 26.7 Å². The van der Waals surface area contributed by atoms with E-state index in [1.54, 1.807) is 4.90 Å². The summed E-state index contributed by atoms with van der Waals surface area (Å²) in [6, 6.07) is 7.97. The molecule has 1 N–H and O–H groups in total. The van der Waals surface area contributed by atoms with E-state index in [0.29, 0.717) is 25.5 Å². The zero-order valence-electron chi connectivity index (χ0n) is 14.5. The van der Waals surface area contributed by atoms with E-state index in [9.17, 15) is 4.79 Å². The van der Waals surface area contributed by atoms with Gasteiger partial charge in [-0.1, -0.05) is 43.7 Å². The van der Waals surface area contributed by atoms with Crippen LogP contribution in [0.2, 0.25) is 0 Å². The molecule has 1 heterocycles. The van der Waals surface area contributed by atoms with Crippen molar-refractivity contribution in [3.8, 4) is 5.75 Å². The molecular formula is C19H28N2O2. The molecule has 0 unspecified atom stereocenters. The number of rotatable bonds is 7. The van der Waals surface area contributed by atoms with Crippen molar-refractivity contribution >= 4 is 5.91 Å². The van der Waals surface area contributed by atoms with E-state index in [4.69, 9.17) is 4.74 Å². The molecule has 126 valence electrons. The van der Waals surface area contributed by atoms with Crippen molar-refractivity contribution in [2.45, 2.75) is 33.2 Å². The fourth-order valence-electron chi connectivity index (χ4n) is 2.53. The predicted octanol–water partition coefficient (Wildman–Crippen LogP) is 2.99. The molecule has 0 saturated carbocycles. The molecule has 0 spiro atoms. The van der Waals surface area contributed by atoms with Crippen LogP contribution in [0.1, 0.15) is 32.3 Å². The largest absolute Gasteiger partial charge is 0.493 e. The molecule has 1 amide bonds. The molecule has 4 heteroatoms. The second kappa shape index (κ2) is 8.73. The molecule has 0 radical (unpaired) electrons. The van der Waals surface area contributed by atoms with Gasteiger partial charge in [0, 0.05) is 32.1 Å². The van der Waals surface area contributed by atoms with E-state index in [0.717, 1.165) is 30.8 Å². The van der Waals surface area contributed by atoms with Crippen LogP contribution in [0.15, 0.2) is 35.9 Å². The van der Waals surface area contributed by atoms with Gasteiger partial charge in [0.15, 0.2) is 0 Å². The summed E-state index contributed by atoms with van der Waals surface area (Å²) in [5, 5.41) is 3.27. The molecule has 23 heavy (non-hydrogen) atoms. The molecule has 0 bridgehead atoms.